The molecule has 0 spiro atoms. The number of urea groups is 1. The summed E-state index contributed by atoms with van der Waals surface area (Å²) in [5.41, 5.74) is -2.91. The van der Waals surface area contributed by atoms with Crippen LogP contribution in [-0.2, 0) is 16.1 Å². The zero-order chi connectivity index (χ0) is 34.3. The van der Waals surface area contributed by atoms with Crippen molar-refractivity contribution in [2.45, 2.75) is 42.8 Å². The molecule has 0 bridgehead atoms. The van der Waals surface area contributed by atoms with Crippen molar-refractivity contribution in [2.75, 3.05) is 31.3 Å². The van der Waals surface area contributed by atoms with Crippen LogP contribution in [-0.4, -0.2) is 59.6 Å². The zero-order valence-electron chi connectivity index (χ0n) is 25.9. The van der Waals surface area contributed by atoms with E-state index in [1.165, 1.54) is 29.0 Å². The lowest BCUT2D eigenvalue weighted by atomic mass is 10.1. The monoisotopic (exact) mass is 730 g/mol. The molecule has 0 aliphatic carbocycles. The fourth-order valence-corrected chi connectivity index (χ4v) is 5.31. The third kappa shape index (κ3) is 10.5. The molecule has 1 atom stereocenters. The second kappa shape index (κ2) is 16.9. The lowest BCUT2D eigenvalue weighted by Gasteiger charge is -2.22. The second-order valence-corrected chi connectivity index (χ2v) is 12.0. The van der Waals surface area contributed by atoms with Crippen molar-refractivity contribution in [3.63, 3.8) is 0 Å². The molecule has 1 heterocycles. The first kappa shape index (κ1) is 38.5. The average molecular weight is 732 g/mol. The fourth-order valence-electron chi connectivity index (χ4n) is 4.60. The molecule has 16 heteroatoms. The first-order valence-corrected chi connectivity index (χ1v) is 15.5. The molecular weight excluding hydrogens is 699 g/mol. The van der Waals surface area contributed by atoms with Crippen LogP contribution in [0.15, 0.2) is 71.8 Å². The molecule has 1 unspecified atom stereocenters. The number of benzene rings is 3. The third-order valence-electron chi connectivity index (χ3n) is 6.85. The Morgan fingerprint density at radius 2 is 1.69 bits per heavy atom. The smallest absolute Gasteiger partial charge is 0.446 e. The minimum absolute atomic E-state index is 0. The van der Waals surface area contributed by atoms with Crippen molar-refractivity contribution in [3.8, 4) is 5.75 Å². The molecule has 3 aromatic carbocycles. The Morgan fingerprint density at radius 3 is 2.29 bits per heavy atom. The van der Waals surface area contributed by atoms with Gasteiger partial charge >= 0.3 is 17.5 Å². The molecule has 0 radical (unpaired) electrons. The van der Waals surface area contributed by atoms with Crippen LogP contribution in [0.4, 0.5) is 33.7 Å². The van der Waals surface area contributed by atoms with Crippen LogP contribution in [0.2, 0.25) is 5.02 Å². The highest BCUT2D eigenvalue weighted by molar-refractivity contribution is 8.00. The van der Waals surface area contributed by atoms with E-state index in [2.05, 4.69) is 10.6 Å². The number of amides is 2. The first-order chi connectivity index (χ1) is 22.2. The van der Waals surface area contributed by atoms with Gasteiger partial charge in [-0.3, -0.25) is 19.1 Å². The van der Waals surface area contributed by atoms with E-state index < -0.39 is 35.3 Å². The molecular formula is C32H32Cl2F4N4O5S. The van der Waals surface area contributed by atoms with E-state index in [1.807, 2.05) is 0 Å². The number of likely N-dealkylation sites (N-methyl/N-ethyl adjacent to an activating group) is 1. The molecule has 2 N–H and O–H groups in total. The summed E-state index contributed by atoms with van der Waals surface area (Å²) in [5.74, 6) is -1.19. The topological polar surface area (TPSA) is 102 Å². The normalized spacial score (nSPS) is 11.9. The first-order valence-electron chi connectivity index (χ1n) is 14.3. The Labute approximate surface area is 289 Å². The third-order valence-corrected chi connectivity index (χ3v) is 7.88. The number of carbonyl (C=O) groups is 3. The number of alkyl halides is 3. The number of thioether (sulfide) groups is 1. The Morgan fingerprint density at radius 1 is 1.02 bits per heavy atom. The lowest BCUT2D eigenvalue weighted by molar-refractivity contribution is -0.148. The van der Waals surface area contributed by atoms with Gasteiger partial charge in [-0.05, 0) is 87.2 Å². The number of halogens is 6. The molecule has 258 valence electrons. The summed E-state index contributed by atoms with van der Waals surface area (Å²) < 4.78 is 64.0. The van der Waals surface area contributed by atoms with Gasteiger partial charge in [-0.1, -0.05) is 23.7 Å². The molecule has 2 amide bonds. The molecule has 0 fully saturated rings. The van der Waals surface area contributed by atoms with E-state index in [0.29, 0.717) is 22.4 Å². The van der Waals surface area contributed by atoms with E-state index in [9.17, 15) is 31.9 Å². The van der Waals surface area contributed by atoms with Crippen LogP contribution < -0.4 is 15.4 Å². The van der Waals surface area contributed by atoms with Crippen molar-refractivity contribution in [3.05, 3.63) is 83.3 Å². The summed E-state index contributed by atoms with van der Waals surface area (Å²) in [6, 6.07) is 13.3. The molecule has 0 saturated carbocycles. The minimum atomic E-state index is -4.36. The quantitative estimate of drug-likeness (QED) is 0.0855. The Kier molecular flexibility index (Phi) is 13.6. The van der Waals surface area contributed by atoms with Crippen molar-refractivity contribution >= 4 is 76.0 Å². The van der Waals surface area contributed by atoms with Gasteiger partial charge in [0.05, 0.1) is 22.8 Å². The number of hydrogen-bond acceptors (Lipinski definition) is 7. The lowest BCUT2D eigenvalue weighted by Crippen LogP contribution is -2.37. The molecule has 4 rings (SSSR count). The summed E-state index contributed by atoms with van der Waals surface area (Å²) in [6.07, 6.45) is 1.44. The van der Waals surface area contributed by atoms with E-state index >= 15 is 0 Å². The zero-order valence-corrected chi connectivity index (χ0v) is 28.3. The van der Waals surface area contributed by atoms with Gasteiger partial charge < -0.3 is 20.1 Å². The maximum Gasteiger partial charge on any atom is 0.446 e. The van der Waals surface area contributed by atoms with E-state index in [0.717, 1.165) is 6.07 Å². The summed E-state index contributed by atoms with van der Waals surface area (Å²) in [5, 5.41) is 5.45. The number of rotatable bonds is 12. The molecule has 9 nitrogen and oxygen atoms in total. The average Bonchev–Trinajstić information content (AvgIpc) is 3.33. The van der Waals surface area contributed by atoms with Crippen LogP contribution in [0.5, 0.6) is 5.75 Å². The van der Waals surface area contributed by atoms with E-state index in [-0.39, 0.29) is 71.3 Å². The van der Waals surface area contributed by atoms with Gasteiger partial charge in [0, 0.05) is 34.7 Å². The van der Waals surface area contributed by atoms with Gasteiger partial charge in [-0.25, -0.2) is 9.18 Å². The molecule has 4 aromatic rings. The number of hydrogen-bond donors (Lipinski definition) is 2. The van der Waals surface area contributed by atoms with Gasteiger partial charge in [0.15, 0.2) is 0 Å². The minimum Gasteiger partial charge on any atom is -0.489 e. The van der Waals surface area contributed by atoms with Gasteiger partial charge in [-0.2, -0.15) is 13.2 Å². The van der Waals surface area contributed by atoms with Crippen molar-refractivity contribution in [1.82, 2.24) is 9.47 Å². The van der Waals surface area contributed by atoms with Gasteiger partial charge in [0.25, 0.3) is 0 Å². The van der Waals surface area contributed by atoms with Crippen LogP contribution in [0.3, 0.4) is 0 Å². The number of fused-ring (bicyclic) bond motifs is 1. The number of aromatic nitrogens is 1. The van der Waals surface area contributed by atoms with Crippen LogP contribution in [0, 0.1) is 5.82 Å². The largest absolute Gasteiger partial charge is 0.489 e. The van der Waals surface area contributed by atoms with Crippen LogP contribution in [0.1, 0.15) is 30.1 Å². The van der Waals surface area contributed by atoms with E-state index in [1.54, 1.807) is 62.3 Å². The highest BCUT2D eigenvalue weighted by Gasteiger charge is 2.29. The van der Waals surface area contributed by atoms with Gasteiger partial charge in [-0.15, -0.1) is 12.4 Å². The van der Waals surface area contributed by atoms with Crippen molar-refractivity contribution in [1.29, 1.82) is 0 Å². The van der Waals surface area contributed by atoms with Crippen molar-refractivity contribution in [2.24, 2.45) is 0 Å². The number of nitrogens with zero attached hydrogens (tertiary/aromatic N) is 2. The fraction of sp³-hybridized carbons (Fsp3) is 0.281. The highest BCUT2D eigenvalue weighted by atomic mass is 35.5. The summed E-state index contributed by atoms with van der Waals surface area (Å²) in [4.78, 5) is 40.2. The number of carbonyl (C=O) groups excluding carboxylic acids is 3. The Balaban J connectivity index is 0.00000625. The number of nitrogens with one attached hydrogen (secondary N) is 2. The van der Waals surface area contributed by atoms with Crippen LogP contribution >= 0.6 is 35.8 Å². The van der Waals surface area contributed by atoms with Crippen LogP contribution in [0.25, 0.3) is 10.9 Å². The molecule has 0 saturated heterocycles. The predicted octanol–water partition coefficient (Wildman–Crippen LogP) is 8.60. The number of ether oxygens (including phenoxy) is 2. The van der Waals surface area contributed by atoms with E-state index in [4.69, 9.17) is 21.1 Å². The second-order valence-electron chi connectivity index (χ2n) is 10.4. The molecule has 1 aromatic heterocycles. The summed E-state index contributed by atoms with van der Waals surface area (Å²) in [7, 11) is 3.39. The summed E-state index contributed by atoms with van der Waals surface area (Å²) >= 11 is 5.83. The molecule has 0 aliphatic heterocycles. The Hall–Kier alpha value is -3.98. The highest BCUT2D eigenvalue weighted by Crippen LogP contribution is 2.37. The summed E-state index contributed by atoms with van der Waals surface area (Å²) in [6.45, 7) is 2.00. The Bertz CT molecular complexity index is 1740. The van der Waals surface area contributed by atoms with Gasteiger partial charge in [0.1, 0.15) is 24.2 Å². The number of esters is 1. The standard InChI is InChI=1S/C32H31ClF4N4O5S.ClH/c1-4-45-30(43)27(40(2)3)13-14-29(42)41-17-26(23-15-24(33)25(34)16-28(23)41)39-31(44)38-20-7-9-21(10-8-20)46-18-19-5-11-22(12-6-19)47-32(35,36)37;/h5-12,15-17,27H,4,13-14,18H2,1-3H3,(H2,38,39,44);1H. The predicted molar refractivity (Wildman–Crippen MR) is 180 cm³/mol. The van der Waals surface area contributed by atoms with Crippen molar-refractivity contribution < 1.29 is 41.4 Å². The SMILES string of the molecule is CCOC(=O)C(CCC(=O)n1cc(NC(=O)Nc2ccc(OCc3ccc(SC(F)(F)F)cc3)cc2)c2cc(Cl)c(F)cc21)N(C)C.Cl. The molecule has 48 heavy (non-hydrogen) atoms. The van der Waals surface area contributed by atoms with Gasteiger partial charge in [0.2, 0.25) is 5.91 Å². The molecule has 0 aliphatic rings. The maximum atomic E-state index is 14.4. The number of anilines is 2. The maximum absolute atomic E-state index is 14.4.